The summed E-state index contributed by atoms with van der Waals surface area (Å²) < 4.78 is 5.76. The van der Waals surface area contributed by atoms with Crippen molar-refractivity contribution >= 4 is 6.03 Å². The average molecular weight is 276 g/mol. The van der Waals surface area contributed by atoms with Gasteiger partial charge in [-0.3, -0.25) is 0 Å². The molecule has 2 amide bonds. The van der Waals surface area contributed by atoms with E-state index in [9.17, 15) is 4.79 Å². The van der Waals surface area contributed by atoms with E-state index in [4.69, 9.17) is 4.74 Å². The summed E-state index contributed by atoms with van der Waals surface area (Å²) in [6.45, 7) is 8.23. The highest BCUT2D eigenvalue weighted by atomic mass is 16.5. The molecule has 0 aliphatic carbocycles. The number of hydrogen-bond donors (Lipinski definition) is 1. The second-order valence-electron chi connectivity index (χ2n) is 5.21. The van der Waals surface area contributed by atoms with Gasteiger partial charge >= 0.3 is 6.03 Å². The van der Waals surface area contributed by atoms with E-state index < -0.39 is 0 Å². The van der Waals surface area contributed by atoms with E-state index in [1.54, 1.807) is 4.90 Å². The van der Waals surface area contributed by atoms with Gasteiger partial charge in [0.15, 0.2) is 0 Å². The molecule has 1 heterocycles. The summed E-state index contributed by atoms with van der Waals surface area (Å²) in [6, 6.07) is 6.23. The lowest BCUT2D eigenvalue weighted by Crippen LogP contribution is -2.41. The van der Waals surface area contributed by atoms with Crippen molar-refractivity contribution in [3.63, 3.8) is 0 Å². The van der Waals surface area contributed by atoms with Crippen molar-refractivity contribution in [3.8, 4) is 5.75 Å². The molecule has 0 aromatic heterocycles. The Labute approximate surface area is 121 Å². The molecule has 1 N–H and O–H groups in total. The van der Waals surface area contributed by atoms with Gasteiger partial charge in [-0.15, -0.1) is 0 Å². The lowest BCUT2D eigenvalue weighted by molar-refractivity contribution is 0.198. The number of carbonyl (C=O) groups is 1. The lowest BCUT2D eigenvalue weighted by atomic mass is 10.0. The highest BCUT2D eigenvalue weighted by Crippen LogP contribution is 2.32. The van der Waals surface area contributed by atoms with E-state index >= 15 is 0 Å². The first-order chi connectivity index (χ1) is 9.65. The summed E-state index contributed by atoms with van der Waals surface area (Å²) in [5.41, 5.74) is 2.29. The number of benzene rings is 1. The number of nitrogens with one attached hydrogen (secondary N) is 1. The van der Waals surface area contributed by atoms with Crippen molar-refractivity contribution in [3.05, 3.63) is 29.3 Å². The normalized spacial score (nSPS) is 17.6. The van der Waals surface area contributed by atoms with Crippen LogP contribution in [0, 0.1) is 6.92 Å². The molecule has 0 saturated carbocycles. The summed E-state index contributed by atoms with van der Waals surface area (Å²) in [5.74, 6) is 0.901. The van der Waals surface area contributed by atoms with Crippen LogP contribution in [0.3, 0.4) is 0 Å². The van der Waals surface area contributed by atoms with E-state index in [-0.39, 0.29) is 12.1 Å². The van der Waals surface area contributed by atoms with Crippen molar-refractivity contribution in [2.45, 2.75) is 39.7 Å². The fraction of sp³-hybridized carbons (Fsp3) is 0.562. The number of aryl methyl sites for hydroxylation is 1. The minimum Gasteiger partial charge on any atom is -0.493 e. The number of nitrogens with zero attached hydrogens (tertiary/aromatic N) is 1. The summed E-state index contributed by atoms with van der Waals surface area (Å²) in [6.07, 6.45) is 1.88. The van der Waals surface area contributed by atoms with Crippen LogP contribution in [-0.2, 0) is 0 Å². The molecule has 20 heavy (non-hydrogen) atoms. The fourth-order valence-electron chi connectivity index (χ4n) is 2.60. The van der Waals surface area contributed by atoms with Gasteiger partial charge < -0.3 is 15.0 Å². The molecule has 0 radical (unpaired) electrons. The van der Waals surface area contributed by atoms with Gasteiger partial charge in [0, 0.05) is 18.7 Å². The Kier molecular flexibility index (Phi) is 4.88. The summed E-state index contributed by atoms with van der Waals surface area (Å²) in [7, 11) is 0. The molecule has 1 aliphatic heterocycles. The molecule has 4 nitrogen and oxygen atoms in total. The van der Waals surface area contributed by atoms with Crippen LogP contribution in [0.1, 0.15) is 43.9 Å². The molecule has 1 atom stereocenters. The number of amides is 2. The van der Waals surface area contributed by atoms with Crippen molar-refractivity contribution < 1.29 is 9.53 Å². The highest BCUT2D eigenvalue weighted by molar-refractivity contribution is 5.74. The molecule has 0 fully saturated rings. The number of rotatable bonds is 3. The molecule has 0 saturated heterocycles. The predicted molar refractivity (Wildman–Crippen MR) is 80.1 cm³/mol. The number of fused-ring (bicyclic) bond motifs is 1. The van der Waals surface area contributed by atoms with Crippen LogP contribution in [-0.4, -0.2) is 30.6 Å². The molecule has 2 rings (SSSR count). The summed E-state index contributed by atoms with van der Waals surface area (Å²) in [5, 5.41) is 3.15. The van der Waals surface area contributed by atoms with Crippen molar-refractivity contribution in [2.75, 3.05) is 19.7 Å². The maximum atomic E-state index is 12.3. The molecule has 1 aromatic rings. The van der Waals surface area contributed by atoms with E-state index in [2.05, 4.69) is 18.3 Å². The van der Waals surface area contributed by atoms with Gasteiger partial charge in [-0.25, -0.2) is 4.79 Å². The molecule has 4 heteroatoms. The topological polar surface area (TPSA) is 41.6 Å². The first-order valence-corrected chi connectivity index (χ1v) is 7.44. The smallest absolute Gasteiger partial charge is 0.317 e. The van der Waals surface area contributed by atoms with Gasteiger partial charge in [-0.2, -0.15) is 0 Å². The molecule has 1 aromatic carbocycles. The van der Waals surface area contributed by atoms with Crippen LogP contribution in [0.25, 0.3) is 0 Å². The average Bonchev–Trinajstić information content (AvgIpc) is 2.63. The van der Waals surface area contributed by atoms with Gasteiger partial charge in [-0.1, -0.05) is 17.7 Å². The van der Waals surface area contributed by atoms with Crippen molar-refractivity contribution in [1.82, 2.24) is 10.2 Å². The zero-order chi connectivity index (χ0) is 14.5. The minimum absolute atomic E-state index is 0.00866. The zero-order valence-electron chi connectivity index (χ0n) is 12.6. The highest BCUT2D eigenvalue weighted by Gasteiger charge is 2.23. The van der Waals surface area contributed by atoms with Gasteiger partial charge in [0.05, 0.1) is 12.6 Å². The van der Waals surface area contributed by atoms with Crippen molar-refractivity contribution in [2.24, 2.45) is 0 Å². The molecule has 110 valence electrons. The Balaban J connectivity index is 2.20. The van der Waals surface area contributed by atoms with Gasteiger partial charge in [0.1, 0.15) is 5.75 Å². The SMILES string of the molecule is CCN(CC)C(=O)NC1CCCOc2ccc(C)cc21. The van der Waals surface area contributed by atoms with E-state index in [0.717, 1.165) is 37.2 Å². The Morgan fingerprint density at radius 2 is 2.15 bits per heavy atom. The number of urea groups is 1. The number of carbonyl (C=O) groups excluding carboxylic acids is 1. The molecule has 1 aliphatic rings. The van der Waals surface area contributed by atoms with Crippen LogP contribution >= 0.6 is 0 Å². The van der Waals surface area contributed by atoms with Crippen LogP contribution < -0.4 is 10.1 Å². The maximum absolute atomic E-state index is 12.3. The van der Waals surface area contributed by atoms with Crippen molar-refractivity contribution in [1.29, 1.82) is 0 Å². The third kappa shape index (κ3) is 3.24. The Bertz CT molecular complexity index is 470. The molecule has 0 bridgehead atoms. The van der Waals surface area contributed by atoms with Crippen LogP contribution in [0.4, 0.5) is 4.79 Å². The maximum Gasteiger partial charge on any atom is 0.317 e. The van der Waals surface area contributed by atoms with E-state index in [1.807, 2.05) is 26.0 Å². The number of ether oxygens (including phenoxy) is 1. The quantitative estimate of drug-likeness (QED) is 0.920. The lowest BCUT2D eigenvalue weighted by Gasteiger charge is -2.24. The summed E-state index contributed by atoms with van der Waals surface area (Å²) >= 11 is 0. The predicted octanol–water partition coefficient (Wildman–Crippen LogP) is 3.26. The second kappa shape index (κ2) is 6.64. The molecule has 0 spiro atoms. The first kappa shape index (κ1) is 14.7. The third-order valence-electron chi connectivity index (χ3n) is 3.78. The van der Waals surface area contributed by atoms with Gasteiger partial charge in [0.2, 0.25) is 0 Å². The minimum atomic E-state index is 0.00866. The Morgan fingerprint density at radius 1 is 1.40 bits per heavy atom. The molecular formula is C16H24N2O2. The first-order valence-electron chi connectivity index (χ1n) is 7.44. The van der Waals surface area contributed by atoms with Crippen LogP contribution in [0.5, 0.6) is 5.75 Å². The van der Waals surface area contributed by atoms with Crippen LogP contribution in [0.2, 0.25) is 0 Å². The van der Waals surface area contributed by atoms with E-state index in [1.165, 1.54) is 5.56 Å². The largest absolute Gasteiger partial charge is 0.493 e. The van der Waals surface area contributed by atoms with Gasteiger partial charge in [0.25, 0.3) is 0 Å². The van der Waals surface area contributed by atoms with Gasteiger partial charge in [-0.05, 0) is 39.7 Å². The number of hydrogen-bond acceptors (Lipinski definition) is 2. The van der Waals surface area contributed by atoms with E-state index in [0.29, 0.717) is 6.61 Å². The molecular weight excluding hydrogens is 252 g/mol. The third-order valence-corrected chi connectivity index (χ3v) is 3.78. The molecule has 1 unspecified atom stereocenters. The second-order valence-corrected chi connectivity index (χ2v) is 5.21. The standard InChI is InChI=1S/C16H24N2O2/c1-4-18(5-2)16(19)17-14-7-6-10-20-15-9-8-12(3)11-13(14)15/h8-9,11,14H,4-7,10H2,1-3H3,(H,17,19). The zero-order valence-corrected chi connectivity index (χ0v) is 12.6. The Hall–Kier alpha value is -1.71. The van der Waals surface area contributed by atoms with Crippen LogP contribution in [0.15, 0.2) is 18.2 Å². The fourth-order valence-corrected chi connectivity index (χ4v) is 2.60. The monoisotopic (exact) mass is 276 g/mol. The Morgan fingerprint density at radius 3 is 2.85 bits per heavy atom. The summed E-state index contributed by atoms with van der Waals surface area (Å²) in [4.78, 5) is 14.1.